The van der Waals surface area contributed by atoms with Gasteiger partial charge in [0.05, 0.1) is 11.8 Å². The number of sulfonamides is 1. The van der Waals surface area contributed by atoms with Gasteiger partial charge in [-0.25, -0.2) is 8.42 Å². The van der Waals surface area contributed by atoms with Crippen LogP contribution in [0.25, 0.3) is 0 Å². The molecule has 6 heteroatoms. The summed E-state index contributed by atoms with van der Waals surface area (Å²) < 4.78 is 25.9. The zero-order valence-corrected chi connectivity index (χ0v) is 13.6. The van der Waals surface area contributed by atoms with E-state index in [1.54, 1.807) is 6.92 Å². The lowest BCUT2D eigenvalue weighted by Crippen LogP contribution is -2.50. The van der Waals surface area contributed by atoms with E-state index in [4.69, 9.17) is 0 Å². The lowest BCUT2D eigenvalue weighted by Gasteiger charge is -2.36. The third kappa shape index (κ3) is 3.95. The maximum absolute atomic E-state index is 12.2. The molecular weight excluding hydrogens is 298 g/mol. The van der Waals surface area contributed by atoms with Crippen LogP contribution in [0.5, 0.6) is 0 Å². The van der Waals surface area contributed by atoms with Gasteiger partial charge in [0.2, 0.25) is 10.0 Å². The number of hydrogen-bond acceptors (Lipinski definition) is 4. The number of piperazine rings is 1. The van der Waals surface area contributed by atoms with Gasteiger partial charge < -0.3 is 0 Å². The van der Waals surface area contributed by atoms with Crippen LogP contribution in [0, 0.1) is 11.3 Å². The maximum atomic E-state index is 12.2. The van der Waals surface area contributed by atoms with Gasteiger partial charge in [-0.1, -0.05) is 42.5 Å². The fourth-order valence-electron chi connectivity index (χ4n) is 2.64. The second-order valence-corrected chi connectivity index (χ2v) is 7.56. The highest BCUT2D eigenvalue weighted by Gasteiger charge is 2.30. The summed E-state index contributed by atoms with van der Waals surface area (Å²) >= 11 is 0. The minimum absolute atomic E-state index is 0.00658. The lowest BCUT2D eigenvalue weighted by atomic mass is 10.1. The first-order valence-electron chi connectivity index (χ1n) is 7.25. The van der Waals surface area contributed by atoms with Gasteiger partial charge in [0.1, 0.15) is 6.04 Å². The number of hydrogen-bond donors (Lipinski definition) is 0. The van der Waals surface area contributed by atoms with Crippen LogP contribution in [0.1, 0.15) is 18.5 Å². The van der Waals surface area contributed by atoms with Gasteiger partial charge in [0.15, 0.2) is 0 Å². The highest BCUT2D eigenvalue weighted by atomic mass is 32.2. The van der Waals surface area contributed by atoms with Crippen molar-refractivity contribution < 1.29 is 8.42 Å². The number of nitrogens with zero attached hydrogens (tertiary/aromatic N) is 3. The molecule has 1 heterocycles. The average molecular weight is 319 g/mol. The first-order chi connectivity index (χ1) is 10.4. The summed E-state index contributed by atoms with van der Waals surface area (Å²) in [6.45, 7) is 7.34. The lowest BCUT2D eigenvalue weighted by molar-refractivity contribution is 0.163. The summed E-state index contributed by atoms with van der Waals surface area (Å²) in [5, 5.41) is 9.44. The van der Waals surface area contributed by atoms with Crippen molar-refractivity contribution in [3.8, 4) is 6.07 Å². The summed E-state index contributed by atoms with van der Waals surface area (Å²) in [6.07, 6.45) is 0. The molecule has 0 spiro atoms. The molecule has 22 heavy (non-hydrogen) atoms. The van der Waals surface area contributed by atoms with Crippen LogP contribution in [0.3, 0.4) is 0 Å². The average Bonchev–Trinajstić information content (AvgIpc) is 2.48. The molecule has 118 valence electrons. The predicted molar refractivity (Wildman–Crippen MR) is 86.5 cm³/mol. The highest BCUT2D eigenvalue weighted by Crippen LogP contribution is 2.22. The predicted octanol–water partition coefficient (Wildman–Crippen LogP) is 1.77. The first kappa shape index (κ1) is 16.7. The molecular formula is C16H21N3O2S. The van der Waals surface area contributed by atoms with Crippen molar-refractivity contribution in [3.05, 3.63) is 48.0 Å². The molecule has 1 unspecified atom stereocenters. The van der Waals surface area contributed by atoms with Gasteiger partial charge in [0.25, 0.3) is 0 Å². The van der Waals surface area contributed by atoms with Gasteiger partial charge >= 0.3 is 0 Å². The molecule has 1 aliphatic rings. The fraction of sp³-hybridized carbons (Fsp3) is 0.438. The van der Waals surface area contributed by atoms with Crippen molar-refractivity contribution >= 4 is 10.0 Å². The molecule has 0 N–H and O–H groups in total. The summed E-state index contributed by atoms with van der Waals surface area (Å²) in [6, 6.07) is 11.6. The number of nitriles is 1. The molecule has 0 radical (unpaired) electrons. The first-order valence-corrected chi connectivity index (χ1v) is 8.86. The van der Waals surface area contributed by atoms with Gasteiger partial charge in [-0.05, 0) is 12.5 Å². The van der Waals surface area contributed by atoms with Crippen molar-refractivity contribution in [2.24, 2.45) is 0 Å². The Hall–Kier alpha value is -1.68. The fourth-order valence-corrected chi connectivity index (χ4v) is 4.17. The van der Waals surface area contributed by atoms with Crippen LogP contribution < -0.4 is 0 Å². The van der Waals surface area contributed by atoms with Crippen molar-refractivity contribution in [1.29, 1.82) is 5.26 Å². The van der Waals surface area contributed by atoms with E-state index in [0.29, 0.717) is 31.8 Å². The Bertz CT molecular complexity index is 656. The smallest absolute Gasteiger partial charge is 0.218 e. The van der Waals surface area contributed by atoms with Gasteiger partial charge in [-0.2, -0.15) is 9.57 Å². The maximum Gasteiger partial charge on any atom is 0.218 e. The zero-order chi connectivity index (χ0) is 16.2. The van der Waals surface area contributed by atoms with E-state index in [9.17, 15) is 13.7 Å². The van der Waals surface area contributed by atoms with Crippen molar-refractivity contribution in [2.75, 3.05) is 31.9 Å². The molecule has 1 aromatic rings. The topological polar surface area (TPSA) is 64.4 Å². The summed E-state index contributed by atoms with van der Waals surface area (Å²) in [5.74, 6) is -0.00658. The molecule has 0 aromatic heterocycles. The Labute approximate surface area is 132 Å². The van der Waals surface area contributed by atoms with Crippen LogP contribution in [-0.4, -0.2) is 49.6 Å². The van der Waals surface area contributed by atoms with Crippen LogP contribution in [0.2, 0.25) is 0 Å². The van der Waals surface area contributed by atoms with E-state index >= 15 is 0 Å². The van der Waals surface area contributed by atoms with Gasteiger partial charge in [-0.3, -0.25) is 4.90 Å². The van der Waals surface area contributed by atoms with E-state index < -0.39 is 10.0 Å². The monoisotopic (exact) mass is 319 g/mol. The quantitative estimate of drug-likeness (QED) is 0.776. The Balaban J connectivity index is 2.03. The van der Waals surface area contributed by atoms with Crippen molar-refractivity contribution in [3.63, 3.8) is 0 Å². The minimum atomic E-state index is -3.28. The Morgan fingerprint density at radius 3 is 2.36 bits per heavy atom. The molecule has 1 aromatic carbocycles. The summed E-state index contributed by atoms with van der Waals surface area (Å²) in [7, 11) is -3.28. The number of benzene rings is 1. The summed E-state index contributed by atoms with van der Waals surface area (Å²) in [4.78, 5) is 2.03. The third-order valence-corrected chi connectivity index (χ3v) is 5.71. The molecule has 1 atom stereocenters. The van der Waals surface area contributed by atoms with Crippen molar-refractivity contribution in [1.82, 2.24) is 9.21 Å². The number of rotatable bonds is 5. The summed E-state index contributed by atoms with van der Waals surface area (Å²) in [5.41, 5.74) is 1.59. The standard InChI is InChI=1S/C16H21N3O2S/c1-14(2)13-22(20,21)19-10-8-18(9-11-19)16(12-17)15-6-4-3-5-7-15/h3-7,16H,1,8-11,13H2,2H3. The molecule has 0 bridgehead atoms. The normalized spacial score (nSPS) is 18.5. The van der Waals surface area contributed by atoms with Gasteiger partial charge in [-0.15, -0.1) is 0 Å². The van der Waals surface area contributed by atoms with Crippen LogP contribution in [-0.2, 0) is 10.0 Å². The molecule has 1 saturated heterocycles. The van der Waals surface area contributed by atoms with Crippen LogP contribution >= 0.6 is 0 Å². The van der Waals surface area contributed by atoms with Crippen LogP contribution in [0.15, 0.2) is 42.5 Å². The third-order valence-electron chi connectivity index (χ3n) is 3.70. The van der Waals surface area contributed by atoms with Crippen molar-refractivity contribution in [2.45, 2.75) is 13.0 Å². The van der Waals surface area contributed by atoms with E-state index in [1.807, 2.05) is 35.2 Å². The second-order valence-electron chi connectivity index (χ2n) is 5.59. The van der Waals surface area contributed by atoms with E-state index in [1.165, 1.54) is 4.31 Å². The molecule has 0 aliphatic carbocycles. The molecule has 2 rings (SSSR count). The Morgan fingerprint density at radius 1 is 1.27 bits per heavy atom. The largest absolute Gasteiger partial charge is 0.282 e. The second kappa shape index (κ2) is 7.05. The Morgan fingerprint density at radius 2 is 1.86 bits per heavy atom. The SMILES string of the molecule is C=C(C)CS(=O)(=O)N1CCN(C(C#N)c2ccccc2)CC1. The highest BCUT2D eigenvalue weighted by molar-refractivity contribution is 7.89. The van der Waals surface area contributed by atoms with E-state index in [2.05, 4.69) is 12.6 Å². The Kier molecular flexibility index (Phi) is 5.35. The minimum Gasteiger partial charge on any atom is -0.282 e. The molecule has 5 nitrogen and oxygen atoms in total. The molecule has 0 amide bonds. The molecule has 1 aliphatic heterocycles. The van der Waals surface area contributed by atoms with Gasteiger partial charge in [0, 0.05) is 26.2 Å². The molecule has 0 saturated carbocycles. The van der Waals surface area contributed by atoms with E-state index in [0.717, 1.165) is 5.56 Å². The zero-order valence-electron chi connectivity index (χ0n) is 12.8. The molecule has 1 fully saturated rings. The van der Waals surface area contributed by atoms with E-state index in [-0.39, 0.29) is 11.8 Å². The van der Waals surface area contributed by atoms with Crippen LogP contribution in [0.4, 0.5) is 0 Å².